The standard InChI is InChI=1S/C16H17F3N2O3S/c1-24-10-9-21(12-13-5-7-20-8-6-13)25(22,23)15-4-2-3-14(11-15)16(17,18)19/h2-8,11H,9-10,12H2,1H3. The van der Waals surface area contributed by atoms with Crippen molar-refractivity contribution >= 4 is 10.0 Å². The summed E-state index contributed by atoms with van der Waals surface area (Å²) in [7, 11) is -2.70. The molecule has 0 saturated heterocycles. The number of nitrogens with zero attached hydrogens (tertiary/aromatic N) is 2. The first kappa shape index (κ1) is 19.4. The molecule has 0 N–H and O–H groups in total. The van der Waals surface area contributed by atoms with Crippen LogP contribution in [-0.4, -0.2) is 38.0 Å². The monoisotopic (exact) mass is 374 g/mol. The molecule has 0 fully saturated rings. The third-order valence-corrected chi connectivity index (χ3v) is 5.29. The largest absolute Gasteiger partial charge is 0.416 e. The van der Waals surface area contributed by atoms with Crippen molar-refractivity contribution in [3.05, 3.63) is 59.9 Å². The molecular weight excluding hydrogens is 357 g/mol. The minimum Gasteiger partial charge on any atom is -0.383 e. The average molecular weight is 374 g/mol. The zero-order valence-corrected chi connectivity index (χ0v) is 14.2. The van der Waals surface area contributed by atoms with E-state index in [9.17, 15) is 21.6 Å². The van der Waals surface area contributed by atoms with Gasteiger partial charge in [0.25, 0.3) is 0 Å². The van der Waals surface area contributed by atoms with E-state index in [0.717, 1.165) is 22.5 Å². The van der Waals surface area contributed by atoms with E-state index < -0.39 is 26.7 Å². The molecule has 1 heterocycles. The number of benzene rings is 1. The molecule has 2 rings (SSSR count). The molecule has 1 aromatic heterocycles. The fraction of sp³-hybridized carbons (Fsp3) is 0.312. The number of pyridine rings is 1. The lowest BCUT2D eigenvalue weighted by molar-refractivity contribution is -0.137. The predicted molar refractivity (Wildman–Crippen MR) is 85.2 cm³/mol. The number of alkyl halides is 3. The molecule has 1 aromatic carbocycles. The number of hydrogen-bond acceptors (Lipinski definition) is 4. The molecule has 0 saturated carbocycles. The van der Waals surface area contributed by atoms with Crippen molar-refractivity contribution in [3.8, 4) is 0 Å². The summed E-state index contributed by atoms with van der Waals surface area (Å²) >= 11 is 0. The van der Waals surface area contributed by atoms with E-state index in [1.807, 2.05) is 0 Å². The summed E-state index contributed by atoms with van der Waals surface area (Å²) in [5.41, 5.74) is -0.342. The molecule has 0 aliphatic carbocycles. The van der Waals surface area contributed by atoms with Crippen molar-refractivity contribution in [2.24, 2.45) is 0 Å². The third-order valence-electron chi connectivity index (χ3n) is 3.45. The second-order valence-corrected chi connectivity index (χ2v) is 7.15. The van der Waals surface area contributed by atoms with Gasteiger partial charge >= 0.3 is 6.18 Å². The zero-order valence-electron chi connectivity index (χ0n) is 13.4. The summed E-state index contributed by atoms with van der Waals surface area (Å²) in [6.07, 6.45) is -1.59. The maximum atomic E-state index is 12.9. The van der Waals surface area contributed by atoms with Gasteiger partial charge in [-0.15, -0.1) is 0 Å². The van der Waals surface area contributed by atoms with Gasteiger partial charge in [0.05, 0.1) is 17.1 Å². The topological polar surface area (TPSA) is 59.5 Å². The smallest absolute Gasteiger partial charge is 0.383 e. The Bertz CT molecular complexity index is 796. The SMILES string of the molecule is COCCN(Cc1ccncc1)S(=O)(=O)c1cccc(C(F)(F)F)c1. The fourth-order valence-corrected chi connectivity index (χ4v) is 3.61. The molecule has 0 radical (unpaired) electrons. The van der Waals surface area contributed by atoms with Crippen molar-refractivity contribution in [2.45, 2.75) is 17.6 Å². The van der Waals surface area contributed by atoms with Gasteiger partial charge in [-0.05, 0) is 35.9 Å². The fourth-order valence-electron chi connectivity index (χ4n) is 2.15. The van der Waals surface area contributed by atoms with Gasteiger partial charge in [0.2, 0.25) is 10.0 Å². The number of aromatic nitrogens is 1. The molecule has 9 heteroatoms. The van der Waals surface area contributed by atoms with Gasteiger partial charge in [-0.1, -0.05) is 6.07 Å². The van der Waals surface area contributed by atoms with E-state index >= 15 is 0 Å². The normalized spacial score (nSPS) is 12.5. The molecule has 5 nitrogen and oxygen atoms in total. The molecule has 2 aromatic rings. The third kappa shape index (κ3) is 5.00. The van der Waals surface area contributed by atoms with Gasteiger partial charge in [-0.3, -0.25) is 4.98 Å². The molecule has 0 aliphatic heterocycles. The predicted octanol–water partition coefficient (Wildman–Crippen LogP) is 2.94. The van der Waals surface area contributed by atoms with Gasteiger partial charge in [0, 0.05) is 32.6 Å². The summed E-state index contributed by atoms with van der Waals surface area (Å²) in [5, 5.41) is 0. The summed E-state index contributed by atoms with van der Waals surface area (Å²) in [6, 6.07) is 6.99. The molecule has 0 unspecified atom stereocenters. The number of ether oxygens (including phenoxy) is 1. The van der Waals surface area contributed by atoms with Crippen LogP contribution in [0.2, 0.25) is 0 Å². The van der Waals surface area contributed by atoms with Crippen LogP contribution in [0.15, 0.2) is 53.7 Å². The van der Waals surface area contributed by atoms with Crippen LogP contribution in [0.1, 0.15) is 11.1 Å². The van der Waals surface area contributed by atoms with Crippen LogP contribution in [-0.2, 0) is 27.5 Å². The highest BCUT2D eigenvalue weighted by Gasteiger charge is 2.33. The first-order valence-electron chi connectivity index (χ1n) is 7.30. The van der Waals surface area contributed by atoms with Gasteiger partial charge in [0.15, 0.2) is 0 Å². The van der Waals surface area contributed by atoms with Gasteiger partial charge < -0.3 is 4.74 Å². The molecule has 0 bridgehead atoms. The Balaban J connectivity index is 2.37. The minimum atomic E-state index is -4.62. The lowest BCUT2D eigenvalue weighted by Crippen LogP contribution is -2.33. The van der Waals surface area contributed by atoms with Crippen molar-refractivity contribution in [1.82, 2.24) is 9.29 Å². The Morgan fingerprint density at radius 1 is 1.16 bits per heavy atom. The van der Waals surface area contributed by atoms with Crippen LogP contribution in [0.5, 0.6) is 0 Å². The van der Waals surface area contributed by atoms with E-state index in [1.165, 1.54) is 19.5 Å². The summed E-state index contributed by atoms with van der Waals surface area (Å²) in [6.45, 7) is 0.130. The van der Waals surface area contributed by atoms with E-state index in [2.05, 4.69) is 4.98 Å². The highest BCUT2D eigenvalue weighted by atomic mass is 32.2. The maximum absolute atomic E-state index is 12.9. The number of sulfonamides is 1. The first-order chi connectivity index (χ1) is 11.7. The summed E-state index contributed by atoms with van der Waals surface area (Å²) < 4.78 is 70.2. The van der Waals surface area contributed by atoms with Crippen LogP contribution >= 0.6 is 0 Å². The van der Waals surface area contributed by atoms with Gasteiger partial charge in [-0.25, -0.2) is 8.42 Å². The quantitative estimate of drug-likeness (QED) is 0.748. The van der Waals surface area contributed by atoms with E-state index in [4.69, 9.17) is 4.74 Å². The van der Waals surface area contributed by atoms with E-state index in [-0.39, 0.29) is 19.7 Å². The Labute approximate surface area is 144 Å². The molecule has 0 amide bonds. The van der Waals surface area contributed by atoms with E-state index in [0.29, 0.717) is 11.6 Å². The molecule has 136 valence electrons. The van der Waals surface area contributed by atoms with Gasteiger partial charge in [0.1, 0.15) is 0 Å². The van der Waals surface area contributed by atoms with Crippen LogP contribution in [0.3, 0.4) is 0 Å². The molecular formula is C16H17F3N2O3S. The Morgan fingerprint density at radius 3 is 2.44 bits per heavy atom. The van der Waals surface area contributed by atoms with Crippen LogP contribution in [0, 0.1) is 0 Å². The summed E-state index contributed by atoms with van der Waals surface area (Å²) in [5.74, 6) is 0. The van der Waals surface area contributed by atoms with Crippen molar-refractivity contribution in [1.29, 1.82) is 0 Å². The zero-order chi connectivity index (χ0) is 18.5. The first-order valence-corrected chi connectivity index (χ1v) is 8.74. The minimum absolute atomic E-state index is 0.00442. The van der Waals surface area contributed by atoms with Crippen molar-refractivity contribution in [3.63, 3.8) is 0 Å². The Kier molecular flexibility index (Phi) is 6.15. The highest BCUT2D eigenvalue weighted by Crippen LogP contribution is 2.31. The van der Waals surface area contributed by atoms with Crippen molar-refractivity contribution < 1.29 is 26.3 Å². The number of halogens is 3. The lowest BCUT2D eigenvalue weighted by atomic mass is 10.2. The second kappa shape index (κ2) is 7.94. The molecule has 0 atom stereocenters. The molecule has 25 heavy (non-hydrogen) atoms. The van der Waals surface area contributed by atoms with Crippen molar-refractivity contribution in [2.75, 3.05) is 20.3 Å². The number of rotatable bonds is 7. The molecule has 0 spiro atoms. The summed E-state index contributed by atoms with van der Waals surface area (Å²) in [4.78, 5) is 3.45. The lowest BCUT2D eigenvalue weighted by Gasteiger charge is -2.22. The second-order valence-electron chi connectivity index (χ2n) is 5.21. The average Bonchev–Trinajstić information content (AvgIpc) is 2.58. The Hall–Kier alpha value is -1.97. The van der Waals surface area contributed by atoms with E-state index in [1.54, 1.807) is 12.1 Å². The highest BCUT2D eigenvalue weighted by molar-refractivity contribution is 7.89. The molecule has 0 aliphatic rings. The van der Waals surface area contributed by atoms with Crippen LogP contribution in [0.4, 0.5) is 13.2 Å². The number of methoxy groups -OCH3 is 1. The Morgan fingerprint density at radius 2 is 1.84 bits per heavy atom. The van der Waals surface area contributed by atoms with Gasteiger partial charge in [-0.2, -0.15) is 17.5 Å². The number of hydrogen-bond donors (Lipinski definition) is 0. The van der Waals surface area contributed by atoms with Crippen LogP contribution in [0.25, 0.3) is 0 Å². The van der Waals surface area contributed by atoms with Crippen LogP contribution < -0.4 is 0 Å². The maximum Gasteiger partial charge on any atom is 0.416 e.